The van der Waals surface area contributed by atoms with E-state index < -0.39 is 0 Å². The van der Waals surface area contributed by atoms with Crippen LogP contribution < -0.4 is 5.32 Å². The van der Waals surface area contributed by atoms with Gasteiger partial charge in [-0.05, 0) is 53.3 Å². The molecule has 0 aliphatic heterocycles. The second-order valence-corrected chi connectivity index (χ2v) is 6.86. The highest BCUT2D eigenvalue weighted by Crippen LogP contribution is 2.12. The molecule has 1 aromatic carbocycles. The fourth-order valence-corrected chi connectivity index (χ4v) is 2.77. The fourth-order valence-electron chi connectivity index (χ4n) is 2.41. The van der Waals surface area contributed by atoms with E-state index >= 15 is 0 Å². The van der Waals surface area contributed by atoms with Crippen molar-refractivity contribution in [2.24, 2.45) is 0 Å². The Balaban J connectivity index is 1.84. The average molecular weight is 387 g/mol. The van der Waals surface area contributed by atoms with Crippen LogP contribution in [-0.4, -0.2) is 6.54 Å². The van der Waals surface area contributed by atoms with E-state index in [1.807, 2.05) is 0 Å². The highest BCUT2D eigenvalue weighted by molar-refractivity contribution is 14.1. The fraction of sp³-hybridized carbons (Fsp3) is 0.667. The zero-order valence-corrected chi connectivity index (χ0v) is 15.1. The van der Waals surface area contributed by atoms with E-state index in [9.17, 15) is 0 Å². The van der Waals surface area contributed by atoms with Gasteiger partial charge in [0.2, 0.25) is 0 Å². The van der Waals surface area contributed by atoms with Crippen LogP contribution in [0.2, 0.25) is 0 Å². The van der Waals surface area contributed by atoms with E-state index in [1.54, 1.807) is 0 Å². The lowest BCUT2D eigenvalue weighted by atomic mass is 10.1. The second kappa shape index (κ2) is 12.5. The normalized spacial score (nSPS) is 10.7. The summed E-state index contributed by atoms with van der Waals surface area (Å²) in [5.74, 6) is 0. The molecule has 20 heavy (non-hydrogen) atoms. The van der Waals surface area contributed by atoms with E-state index in [0.717, 1.165) is 6.54 Å². The summed E-state index contributed by atoms with van der Waals surface area (Å²) in [6.45, 7) is 3.39. The van der Waals surface area contributed by atoms with E-state index in [1.165, 1.54) is 73.5 Å². The number of benzene rings is 1. The Bertz CT molecular complexity index is 321. The van der Waals surface area contributed by atoms with Gasteiger partial charge >= 0.3 is 0 Å². The van der Waals surface area contributed by atoms with Crippen LogP contribution in [0.1, 0.15) is 71.1 Å². The Morgan fingerprint density at radius 2 is 1.25 bits per heavy atom. The van der Waals surface area contributed by atoms with Crippen molar-refractivity contribution in [1.29, 1.82) is 0 Å². The molecule has 0 saturated heterocycles. The van der Waals surface area contributed by atoms with Crippen LogP contribution in [0.3, 0.4) is 0 Å². The summed E-state index contributed by atoms with van der Waals surface area (Å²) >= 11 is 2.34. The summed E-state index contributed by atoms with van der Waals surface area (Å²) < 4.78 is 1.30. The molecular weight excluding hydrogens is 357 g/mol. The van der Waals surface area contributed by atoms with Gasteiger partial charge in [-0.25, -0.2) is 0 Å². The molecular formula is C18H30IN. The molecule has 1 N–H and O–H groups in total. The lowest BCUT2D eigenvalue weighted by molar-refractivity contribution is 0.560. The standard InChI is InChI=1S/C18H30IN/c1-2-3-4-5-6-7-8-9-10-11-16-20-18-14-12-17(19)13-15-18/h12-15,20H,2-11,16H2,1H3. The van der Waals surface area contributed by atoms with Crippen molar-refractivity contribution in [2.45, 2.75) is 71.1 Å². The third kappa shape index (κ3) is 9.62. The first-order chi connectivity index (χ1) is 9.83. The van der Waals surface area contributed by atoms with Gasteiger partial charge < -0.3 is 5.32 Å². The van der Waals surface area contributed by atoms with Crippen LogP contribution in [0.25, 0.3) is 0 Å². The molecule has 1 aromatic rings. The van der Waals surface area contributed by atoms with Gasteiger partial charge in [0, 0.05) is 15.8 Å². The number of rotatable bonds is 12. The molecule has 0 aliphatic rings. The first kappa shape index (κ1) is 17.8. The third-order valence-electron chi connectivity index (χ3n) is 3.70. The molecule has 0 aromatic heterocycles. The predicted molar refractivity (Wildman–Crippen MR) is 99.5 cm³/mol. The van der Waals surface area contributed by atoms with Gasteiger partial charge in [0.05, 0.1) is 0 Å². The number of unbranched alkanes of at least 4 members (excludes halogenated alkanes) is 9. The maximum absolute atomic E-state index is 3.49. The Hall–Kier alpha value is -0.250. The SMILES string of the molecule is CCCCCCCCCCCCNc1ccc(I)cc1. The minimum atomic E-state index is 1.11. The van der Waals surface area contributed by atoms with Crippen molar-refractivity contribution in [2.75, 3.05) is 11.9 Å². The number of anilines is 1. The van der Waals surface area contributed by atoms with E-state index in [4.69, 9.17) is 0 Å². The third-order valence-corrected chi connectivity index (χ3v) is 4.42. The van der Waals surface area contributed by atoms with Gasteiger partial charge in [0.25, 0.3) is 0 Å². The monoisotopic (exact) mass is 387 g/mol. The summed E-state index contributed by atoms with van der Waals surface area (Å²) in [5.41, 5.74) is 1.25. The zero-order valence-electron chi connectivity index (χ0n) is 13.0. The second-order valence-electron chi connectivity index (χ2n) is 5.62. The van der Waals surface area contributed by atoms with Crippen LogP contribution in [-0.2, 0) is 0 Å². The molecule has 0 amide bonds. The predicted octanol–water partition coefficient (Wildman–Crippen LogP) is 6.62. The molecule has 0 unspecified atom stereocenters. The number of hydrogen-bond donors (Lipinski definition) is 1. The zero-order chi connectivity index (χ0) is 14.5. The lowest BCUT2D eigenvalue weighted by Crippen LogP contribution is -2.01. The smallest absolute Gasteiger partial charge is 0.0340 e. The molecule has 0 aliphatic carbocycles. The van der Waals surface area contributed by atoms with Crippen molar-refractivity contribution in [3.8, 4) is 0 Å². The van der Waals surface area contributed by atoms with E-state index in [2.05, 4.69) is 59.1 Å². The van der Waals surface area contributed by atoms with Gasteiger partial charge in [0.1, 0.15) is 0 Å². The Morgan fingerprint density at radius 1 is 0.750 bits per heavy atom. The van der Waals surface area contributed by atoms with Crippen molar-refractivity contribution >= 4 is 28.3 Å². The topological polar surface area (TPSA) is 12.0 Å². The molecule has 114 valence electrons. The summed E-state index contributed by atoms with van der Waals surface area (Å²) in [7, 11) is 0. The van der Waals surface area contributed by atoms with Gasteiger partial charge in [-0.2, -0.15) is 0 Å². The molecule has 0 saturated carbocycles. The quantitative estimate of drug-likeness (QED) is 0.314. The summed E-state index contributed by atoms with van der Waals surface area (Å²) in [6, 6.07) is 8.64. The van der Waals surface area contributed by atoms with Crippen molar-refractivity contribution < 1.29 is 0 Å². The average Bonchev–Trinajstić information content (AvgIpc) is 2.47. The van der Waals surface area contributed by atoms with Crippen LogP contribution in [0.5, 0.6) is 0 Å². The first-order valence-corrected chi connectivity index (χ1v) is 9.40. The number of halogens is 1. The minimum absolute atomic E-state index is 1.11. The first-order valence-electron chi connectivity index (χ1n) is 8.32. The highest BCUT2D eigenvalue weighted by Gasteiger charge is 1.94. The van der Waals surface area contributed by atoms with Crippen LogP contribution >= 0.6 is 22.6 Å². The van der Waals surface area contributed by atoms with Crippen molar-refractivity contribution in [1.82, 2.24) is 0 Å². The summed E-state index contributed by atoms with van der Waals surface area (Å²) in [6.07, 6.45) is 14.0. The Labute approximate surface area is 139 Å². The molecule has 0 heterocycles. The molecule has 2 heteroatoms. The summed E-state index contributed by atoms with van der Waals surface area (Å²) in [4.78, 5) is 0. The van der Waals surface area contributed by atoms with Crippen molar-refractivity contribution in [3.05, 3.63) is 27.8 Å². The maximum atomic E-state index is 3.49. The number of hydrogen-bond acceptors (Lipinski definition) is 1. The van der Waals surface area contributed by atoms with E-state index in [0.29, 0.717) is 0 Å². The van der Waals surface area contributed by atoms with E-state index in [-0.39, 0.29) is 0 Å². The van der Waals surface area contributed by atoms with Crippen LogP contribution in [0.4, 0.5) is 5.69 Å². The summed E-state index contributed by atoms with van der Waals surface area (Å²) in [5, 5.41) is 3.49. The van der Waals surface area contributed by atoms with Gasteiger partial charge in [-0.3, -0.25) is 0 Å². The molecule has 0 fully saturated rings. The van der Waals surface area contributed by atoms with Crippen LogP contribution in [0, 0.1) is 3.57 Å². The lowest BCUT2D eigenvalue weighted by Gasteiger charge is -2.06. The molecule has 0 atom stereocenters. The largest absolute Gasteiger partial charge is 0.385 e. The molecule has 0 spiro atoms. The van der Waals surface area contributed by atoms with Gasteiger partial charge in [0.15, 0.2) is 0 Å². The van der Waals surface area contributed by atoms with Gasteiger partial charge in [-0.15, -0.1) is 0 Å². The molecule has 0 bridgehead atoms. The Morgan fingerprint density at radius 3 is 1.80 bits per heavy atom. The molecule has 0 radical (unpaired) electrons. The molecule has 1 nitrogen and oxygen atoms in total. The highest BCUT2D eigenvalue weighted by atomic mass is 127. The van der Waals surface area contributed by atoms with Crippen LogP contribution in [0.15, 0.2) is 24.3 Å². The number of nitrogens with one attached hydrogen (secondary N) is 1. The maximum Gasteiger partial charge on any atom is 0.0340 e. The van der Waals surface area contributed by atoms with Crippen molar-refractivity contribution in [3.63, 3.8) is 0 Å². The van der Waals surface area contributed by atoms with Gasteiger partial charge in [-0.1, -0.05) is 64.7 Å². The minimum Gasteiger partial charge on any atom is -0.385 e. The molecule has 1 rings (SSSR count). The Kier molecular flexibility index (Phi) is 11.1.